The number of imidazole rings is 1. The molecule has 0 fully saturated rings. The van der Waals surface area contributed by atoms with Crippen molar-refractivity contribution in [2.45, 2.75) is 18.9 Å². The van der Waals surface area contributed by atoms with Crippen LogP contribution >= 0.6 is 11.3 Å². The highest BCUT2D eigenvalue weighted by atomic mass is 32.1. The lowest BCUT2D eigenvalue weighted by atomic mass is 10.0. The van der Waals surface area contributed by atoms with Crippen molar-refractivity contribution in [1.82, 2.24) is 9.38 Å². The highest BCUT2D eigenvalue weighted by molar-refractivity contribution is 7.15. The maximum absolute atomic E-state index is 12.4. The molecule has 0 radical (unpaired) electrons. The lowest BCUT2D eigenvalue weighted by Crippen LogP contribution is -2.28. The molecule has 0 aliphatic carbocycles. The first-order valence-electron chi connectivity index (χ1n) is 6.58. The second-order valence-corrected chi connectivity index (χ2v) is 5.90. The third-order valence-electron chi connectivity index (χ3n) is 3.66. The summed E-state index contributed by atoms with van der Waals surface area (Å²) in [5.41, 5.74) is 3.15. The van der Waals surface area contributed by atoms with E-state index < -0.39 is 0 Å². The number of Topliss-reactive ketones (excluding diaryl/α,β-unsaturated/α-hetero) is 1. The molecule has 3 aromatic rings. The Hall–Kier alpha value is -2.14. The molecule has 3 heterocycles. The number of thiazole rings is 1. The summed E-state index contributed by atoms with van der Waals surface area (Å²) >= 11 is 1.58. The molecular weight excluding hydrogens is 270 g/mol. The van der Waals surface area contributed by atoms with Crippen LogP contribution in [0.3, 0.4) is 0 Å². The number of fused-ring (bicyclic) bond motifs is 2. The SMILES string of the molecule is O=C(Cc1cn2ccsc2n1)C1Cc2ccccc2N1. The molecule has 4 nitrogen and oxygen atoms in total. The Kier molecular flexibility index (Phi) is 2.60. The lowest BCUT2D eigenvalue weighted by molar-refractivity contribution is -0.119. The number of hydrogen-bond donors (Lipinski definition) is 1. The van der Waals surface area contributed by atoms with E-state index in [0.29, 0.717) is 6.42 Å². The van der Waals surface area contributed by atoms with Crippen LogP contribution in [0.4, 0.5) is 5.69 Å². The minimum Gasteiger partial charge on any atom is -0.375 e. The first-order chi connectivity index (χ1) is 9.79. The van der Waals surface area contributed by atoms with Gasteiger partial charge in [-0.15, -0.1) is 11.3 Å². The zero-order valence-electron chi connectivity index (χ0n) is 10.7. The van der Waals surface area contributed by atoms with Gasteiger partial charge in [0.25, 0.3) is 0 Å². The summed E-state index contributed by atoms with van der Waals surface area (Å²) in [5.74, 6) is 0.201. The second kappa shape index (κ2) is 4.45. The first-order valence-corrected chi connectivity index (χ1v) is 7.46. The minimum absolute atomic E-state index is 0.118. The number of ketones is 1. The largest absolute Gasteiger partial charge is 0.375 e. The van der Waals surface area contributed by atoms with Gasteiger partial charge in [0.1, 0.15) is 0 Å². The standard InChI is InChI=1S/C15H13N3OS/c19-14(8-11-9-18-5-6-20-15(18)16-11)13-7-10-3-1-2-4-12(10)17-13/h1-6,9,13,17H,7-8H2. The van der Waals surface area contributed by atoms with E-state index in [0.717, 1.165) is 22.8 Å². The van der Waals surface area contributed by atoms with Gasteiger partial charge >= 0.3 is 0 Å². The highest BCUT2D eigenvalue weighted by Crippen LogP contribution is 2.26. The Balaban J connectivity index is 1.50. The highest BCUT2D eigenvalue weighted by Gasteiger charge is 2.26. The van der Waals surface area contributed by atoms with Gasteiger partial charge in [-0.25, -0.2) is 4.98 Å². The maximum Gasteiger partial charge on any atom is 0.193 e. The Bertz CT molecular complexity index is 736. The van der Waals surface area contributed by atoms with E-state index in [1.165, 1.54) is 5.56 Å². The number of rotatable bonds is 3. The van der Waals surface area contributed by atoms with Crippen LogP contribution in [0.25, 0.3) is 4.96 Å². The average Bonchev–Trinajstić information content (AvgIpc) is 3.10. The number of anilines is 1. The number of hydrogen-bond acceptors (Lipinski definition) is 4. The first kappa shape index (κ1) is 11.7. The predicted octanol–water partition coefficient (Wildman–Crippen LogP) is 2.54. The van der Waals surface area contributed by atoms with Gasteiger partial charge in [0.05, 0.1) is 18.2 Å². The Labute approximate surface area is 120 Å². The molecule has 4 rings (SSSR count). The molecule has 100 valence electrons. The number of nitrogens with one attached hydrogen (secondary N) is 1. The summed E-state index contributed by atoms with van der Waals surface area (Å²) in [6.45, 7) is 0. The van der Waals surface area contributed by atoms with Gasteiger partial charge in [-0.2, -0.15) is 0 Å². The normalized spacial score (nSPS) is 17.1. The number of carbonyl (C=O) groups excluding carboxylic acids is 1. The van der Waals surface area contributed by atoms with Crippen molar-refractivity contribution in [3.63, 3.8) is 0 Å². The number of nitrogens with zero attached hydrogens (tertiary/aromatic N) is 2. The van der Waals surface area contributed by atoms with Crippen LogP contribution in [0.2, 0.25) is 0 Å². The van der Waals surface area contributed by atoms with Crippen molar-refractivity contribution in [3.05, 3.63) is 53.3 Å². The molecule has 1 unspecified atom stereocenters. The molecule has 0 saturated carbocycles. The summed E-state index contributed by atoms with van der Waals surface area (Å²) < 4.78 is 1.96. The van der Waals surface area contributed by atoms with Crippen LogP contribution in [0, 0.1) is 0 Å². The van der Waals surface area contributed by atoms with Crippen molar-refractivity contribution < 1.29 is 4.79 Å². The summed E-state index contributed by atoms with van der Waals surface area (Å²) in [6, 6.07) is 7.98. The molecule has 2 aromatic heterocycles. The molecule has 1 aliphatic heterocycles. The zero-order chi connectivity index (χ0) is 13.5. The van der Waals surface area contributed by atoms with Crippen molar-refractivity contribution in [1.29, 1.82) is 0 Å². The van der Waals surface area contributed by atoms with Gasteiger partial charge in [0, 0.05) is 29.9 Å². The fourth-order valence-corrected chi connectivity index (χ4v) is 3.37. The molecule has 0 amide bonds. The van der Waals surface area contributed by atoms with Crippen LogP contribution in [0.15, 0.2) is 42.0 Å². The smallest absolute Gasteiger partial charge is 0.193 e. The summed E-state index contributed by atoms with van der Waals surface area (Å²) in [4.78, 5) is 17.8. The van der Waals surface area contributed by atoms with Gasteiger partial charge in [-0.3, -0.25) is 9.20 Å². The summed E-state index contributed by atoms with van der Waals surface area (Å²) in [5, 5.41) is 5.29. The van der Waals surface area contributed by atoms with Crippen LogP contribution < -0.4 is 5.32 Å². The minimum atomic E-state index is -0.118. The van der Waals surface area contributed by atoms with E-state index in [9.17, 15) is 4.79 Å². The molecular formula is C15H13N3OS. The van der Waals surface area contributed by atoms with Crippen molar-refractivity contribution in [2.75, 3.05) is 5.32 Å². The van der Waals surface area contributed by atoms with E-state index in [2.05, 4.69) is 16.4 Å². The van der Waals surface area contributed by atoms with Gasteiger partial charge in [0.15, 0.2) is 10.7 Å². The zero-order valence-corrected chi connectivity index (χ0v) is 11.6. The average molecular weight is 283 g/mol. The van der Waals surface area contributed by atoms with Crippen molar-refractivity contribution in [3.8, 4) is 0 Å². The monoisotopic (exact) mass is 283 g/mol. The molecule has 0 bridgehead atoms. The molecule has 1 N–H and O–H groups in total. The molecule has 0 spiro atoms. The number of benzene rings is 1. The fourth-order valence-electron chi connectivity index (χ4n) is 2.66. The maximum atomic E-state index is 12.4. The Morgan fingerprint density at radius 3 is 3.20 bits per heavy atom. The summed E-state index contributed by atoms with van der Waals surface area (Å²) in [6.07, 6.45) is 5.06. The quantitative estimate of drug-likeness (QED) is 0.803. The number of aromatic nitrogens is 2. The number of carbonyl (C=O) groups is 1. The van der Waals surface area contributed by atoms with E-state index in [4.69, 9.17) is 0 Å². The van der Waals surface area contributed by atoms with E-state index in [-0.39, 0.29) is 11.8 Å². The lowest BCUT2D eigenvalue weighted by Gasteiger charge is -2.08. The molecule has 5 heteroatoms. The molecule has 1 aliphatic rings. The van der Waals surface area contributed by atoms with Crippen molar-refractivity contribution >= 4 is 27.8 Å². The second-order valence-electron chi connectivity index (χ2n) is 5.03. The van der Waals surface area contributed by atoms with Gasteiger partial charge in [0.2, 0.25) is 0 Å². The predicted molar refractivity (Wildman–Crippen MR) is 79.3 cm³/mol. The third-order valence-corrected chi connectivity index (χ3v) is 4.43. The number of para-hydroxylation sites is 1. The van der Waals surface area contributed by atoms with Crippen LogP contribution in [0.1, 0.15) is 11.3 Å². The molecule has 0 saturated heterocycles. The van der Waals surface area contributed by atoms with Crippen LogP contribution in [0.5, 0.6) is 0 Å². The van der Waals surface area contributed by atoms with Gasteiger partial charge in [-0.1, -0.05) is 18.2 Å². The van der Waals surface area contributed by atoms with Crippen LogP contribution in [-0.4, -0.2) is 21.2 Å². The van der Waals surface area contributed by atoms with E-state index in [1.54, 1.807) is 11.3 Å². The molecule has 20 heavy (non-hydrogen) atoms. The van der Waals surface area contributed by atoms with Crippen LogP contribution in [-0.2, 0) is 17.6 Å². The van der Waals surface area contributed by atoms with Crippen molar-refractivity contribution in [2.24, 2.45) is 0 Å². The van der Waals surface area contributed by atoms with Gasteiger partial charge in [-0.05, 0) is 11.6 Å². The molecule has 1 atom stereocenters. The van der Waals surface area contributed by atoms with E-state index >= 15 is 0 Å². The topological polar surface area (TPSA) is 46.4 Å². The van der Waals surface area contributed by atoms with E-state index in [1.807, 2.05) is 40.4 Å². The van der Waals surface area contributed by atoms with Gasteiger partial charge < -0.3 is 5.32 Å². The molecule has 1 aromatic carbocycles. The Morgan fingerprint density at radius 2 is 2.35 bits per heavy atom. The Morgan fingerprint density at radius 1 is 1.45 bits per heavy atom. The summed E-state index contributed by atoms with van der Waals surface area (Å²) in [7, 11) is 0. The third kappa shape index (κ3) is 1.91. The fraction of sp³-hybridized carbons (Fsp3) is 0.200.